The van der Waals surface area contributed by atoms with Crippen LogP contribution in [0.3, 0.4) is 0 Å². The summed E-state index contributed by atoms with van der Waals surface area (Å²) in [6.45, 7) is 0. The summed E-state index contributed by atoms with van der Waals surface area (Å²) in [5.74, 6) is 0.857. The van der Waals surface area contributed by atoms with Crippen LogP contribution in [0.25, 0.3) is 0 Å². The second-order valence-electron chi connectivity index (χ2n) is 5.71. The van der Waals surface area contributed by atoms with E-state index in [1.165, 1.54) is 44.9 Å². The summed E-state index contributed by atoms with van der Waals surface area (Å²) in [5, 5.41) is 0. The molecule has 5 heteroatoms. The summed E-state index contributed by atoms with van der Waals surface area (Å²) in [5.41, 5.74) is 0. The van der Waals surface area contributed by atoms with E-state index in [-0.39, 0.29) is 0 Å². The van der Waals surface area contributed by atoms with Crippen molar-refractivity contribution in [2.45, 2.75) is 76.4 Å². The van der Waals surface area contributed by atoms with Crippen molar-refractivity contribution in [3.8, 4) is 0 Å². The van der Waals surface area contributed by atoms with Crippen LogP contribution >= 0.6 is 12.6 Å². The molecule has 1 rings (SSSR count). The third kappa shape index (κ3) is 6.94. The van der Waals surface area contributed by atoms with Crippen LogP contribution in [0.15, 0.2) is 0 Å². The minimum atomic E-state index is -2.47. The van der Waals surface area contributed by atoms with E-state index in [0.29, 0.717) is 6.10 Å². The van der Waals surface area contributed by atoms with E-state index in [4.69, 9.17) is 13.3 Å². The first kappa shape index (κ1) is 18.5. The zero-order valence-electron chi connectivity index (χ0n) is 13.2. The van der Waals surface area contributed by atoms with Crippen molar-refractivity contribution in [1.82, 2.24) is 0 Å². The monoisotopic (exact) mass is 320 g/mol. The van der Waals surface area contributed by atoms with E-state index < -0.39 is 8.80 Å². The van der Waals surface area contributed by atoms with E-state index in [9.17, 15) is 0 Å². The average Bonchev–Trinajstić information content (AvgIpc) is 2.50. The second-order valence-corrected chi connectivity index (χ2v) is 9.08. The van der Waals surface area contributed by atoms with E-state index in [1.807, 2.05) is 0 Å². The van der Waals surface area contributed by atoms with Crippen molar-refractivity contribution in [2.75, 3.05) is 20.0 Å². The maximum absolute atomic E-state index is 6.37. The Morgan fingerprint density at radius 3 is 1.85 bits per heavy atom. The molecule has 0 aromatic heterocycles. The molecular formula is C15H32O3SSi. The van der Waals surface area contributed by atoms with Crippen LogP contribution in [0.5, 0.6) is 0 Å². The van der Waals surface area contributed by atoms with Crippen molar-refractivity contribution in [2.24, 2.45) is 0 Å². The number of rotatable bonds is 7. The van der Waals surface area contributed by atoms with Crippen molar-refractivity contribution >= 4 is 21.4 Å². The van der Waals surface area contributed by atoms with E-state index in [1.54, 1.807) is 14.2 Å². The molecule has 0 radical (unpaired) electrons. The van der Waals surface area contributed by atoms with Crippen LogP contribution in [0.2, 0.25) is 6.04 Å². The van der Waals surface area contributed by atoms with Gasteiger partial charge in [-0.25, -0.2) is 0 Å². The molecule has 0 unspecified atom stereocenters. The Balaban J connectivity index is 2.53. The van der Waals surface area contributed by atoms with Crippen LogP contribution in [0.4, 0.5) is 0 Å². The highest BCUT2D eigenvalue weighted by molar-refractivity contribution is 7.80. The highest BCUT2D eigenvalue weighted by Gasteiger charge is 2.40. The number of hydrogen-bond donors (Lipinski definition) is 1. The van der Waals surface area contributed by atoms with Crippen LogP contribution in [-0.4, -0.2) is 34.9 Å². The first-order chi connectivity index (χ1) is 9.76. The van der Waals surface area contributed by atoms with Gasteiger partial charge in [-0.15, -0.1) is 0 Å². The Hall–Kier alpha value is 0.447. The maximum atomic E-state index is 6.37. The molecule has 1 saturated carbocycles. The maximum Gasteiger partial charge on any atom is 0.500 e. The van der Waals surface area contributed by atoms with Gasteiger partial charge in [-0.05, 0) is 25.0 Å². The Morgan fingerprint density at radius 1 is 0.900 bits per heavy atom. The van der Waals surface area contributed by atoms with Gasteiger partial charge in [-0.3, -0.25) is 0 Å². The first-order valence-corrected chi connectivity index (χ1v) is 10.7. The predicted octanol–water partition coefficient (Wildman–Crippen LogP) is 4.45. The normalized spacial score (nSPS) is 19.9. The average molecular weight is 321 g/mol. The Kier molecular flexibility index (Phi) is 10.2. The largest absolute Gasteiger partial charge is 0.500 e. The molecule has 3 nitrogen and oxygen atoms in total. The molecule has 0 aromatic rings. The van der Waals surface area contributed by atoms with Gasteiger partial charge in [-0.1, -0.05) is 44.9 Å². The highest BCUT2D eigenvalue weighted by Crippen LogP contribution is 2.25. The number of thiol groups is 1. The Labute approximate surface area is 131 Å². The second kappa shape index (κ2) is 11.1. The molecular weight excluding hydrogens is 288 g/mol. The fraction of sp³-hybridized carbons (Fsp3) is 1.00. The van der Waals surface area contributed by atoms with Gasteiger partial charge in [-0.2, -0.15) is 12.6 Å². The molecule has 0 amide bonds. The third-order valence-corrected chi connectivity index (χ3v) is 7.38. The third-order valence-electron chi connectivity index (χ3n) is 4.16. The first-order valence-electron chi connectivity index (χ1n) is 8.15. The molecule has 0 saturated heterocycles. The molecule has 1 aliphatic rings. The summed E-state index contributed by atoms with van der Waals surface area (Å²) >= 11 is 4.29. The number of hydrogen-bond acceptors (Lipinski definition) is 4. The SMILES string of the molecule is CO[Si](CCCS)(OC)OC1CCCCCCCCC1. The fourth-order valence-electron chi connectivity index (χ4n) is 2.88. The molecule has 1 aliphatic carbocycles. The topological polar surface area (TPSA) is 27.7 Å². The lowest BCUT2D eigenvalue weighted by Crippen LogP contribution is -2.46. The van der Waals surface area contributed by atoms with Gasteiger partial charge < -0.3 is 13.3 Å². The van der Waals surface area contributed by atoms with Crippen molar-refractivity contribution in [3.05, 3.63) is 0 Å². The molecule has 0 heterocycles. The zero-order valence-corrected chi connectivity index (χ0v) is 15.1. The Morgan fingerprint density at radius 2 is 1.40 bits per heavy atom. The summed E-state index contributed by atoms with van der Waals surface area (Å²) in [6, 6.07) is 0.875. The molecule has 20 heavy (non-hydrogen) atoms. The van der Waals surface area contributed by atoms with Gasteiger partial charge in [0.15, 0.2) is 0 Å². The zero-order chi connectivity index (χ0) is 14.7. The van der Waals surface area contributed by atoms with Crippen molar-refractivity contribution < 1.29 is 13.3 Å². The molecule has 0 spiro atoms. The summed E-state index contributed by atoms with van der Waals surface area (Å²) in [7, 11) is 0.993. The lowest BCUT2D eigenvalue weighted by atomic mass is 9.99. The van der Waals surface area contributed by atoms with Crippen LogP contribution < -0.4 is 0 Å². The van der Waals surface area contributed by atoms with Crippen LogP contribution in [-0.2, 0) is 13.3 Å². The molecule has 0 aromatic carbocycles. The minimum absolute atomic E-state index is 0.319. The van der Waals surface area contributed by atoms with Crippen molar-refractivity contribution in [1.29, 1.82) is 0 Å². The molecule has 0 N–H and O–H groups in total. The predicted molar refractivity (Wildman–Crippen MR) is 89.5 cm³/mol. The van der Waals surface area contributed by atoms with E-state index >= 15 is 0 Å². The highest BCUT2D eigenvalue weighted by atomic mass is 32.1. The van der Waals surface area contributed by atoms with Crippen LogP contribution in [0.1, 0.15) is 64.2 Å². The minimum Gasteiger partial charge on any atom is -0.377 e. The molecule has 1 fully saturated rings. The van der Waals surface area contributed by atoms with Gasteiger partial charge in [0.25, 0.3) is 0 Å². The lowest BCUT2D eigenvalue weighted by molar-refractivity contribution is 0.0442. The molecule has 0 atom stereocenters. The van der Waals surface area contributed by atoms with Gasteiger partial charge >= 0.3 is 8.80 Å². The summed E-state index contributed by atoms with van der Waals surface area (Å²) in [4.78, 5) is 0. The van der Waals surface area contributed by atoms with E-state index in [0.717, 1.165) is 31.1 Å². The van der Waals surface area contributed by atoms with Gasteiger partial charge in [0, 0.05) is 26.4 Å². The van der Waals surface area contributed by atoms with E-state index in [2.05, 4.69) is 12.6 Å². The molecule has 0 aliphatic heterocycles. The molecule has 0 bridgehead atoms. The Bertz CT molecular complexity index is 227. The smallest absolute Gasteiger partial charge is 0.377 e. The summed E-state index contributed by atoms with van der Waals surface area (Å²) in [6.07, 6.45) is 13.0. The van der Waals surface area contributed by atoms with Gasteiger partial charge in [0.1, 0.15) is 0 Å². The quantitative estimate of drug-likeness (QED) is 0.555. The summed E-state index contributed by atoms with van der Waals surface area (Å²) < 4.78 is 17.7. The van der Waals surface area contributed by atoms with Crippen molar-refractivity contribution in [3.63, 3.8) is 0 Å². The lowest BCUT2D eigenvalue weighted by Gasteiger charge is -2.31. The van der Waals surface area contributed by atoms with Gasteiger partial charge in [0.05, 0.1) is 0 Å². The standard InChI is InChI=1S/C15H32O3SSi/c1-16-20(17-2,14-10-13-19)18-15-11-8-6-4-3-5-7-9-12-15/h15,19H,3-14H2,1-2H3. The fourth-order valence-corrected chi connectivity index (χ4v) is 5.58. The van der Waals surface area contributed by atoms with Gasteiger partial charge in [0.2, 0.25) is 0 Å². The molecule has 120 valence electrons. The van der Waals surface area contributed by atoms with Crippen LogP contribution in [0, 0.1) is 0 Å².